The van der Waals surface area contributed by atoms with Gasteiger partial charge in [0, 0.05) is 6.20 Å². The highest BCUT2D eigenvalue weighted by Gasteiger charge is 2.08. The Morgan fingerprint density at radius 3 is 2.71 bits per heavy atom. The number of aromatic carboxylic acids is 1. The first-order valence-electron chi connectivity index (χ1n) is 3.68. The van der Waals surface area contributed by atoms with Crippen LogP contribution < -0.4 is 0 Å². The number of hydrogen-bond donors (Lipinski definition) is 3. The van der Waals surface area contributed by atoms with Crippen molar-refractivity contribution in [1.82, 2.24) is 9.78 Å². The van der Waals surface area contributed by atoms with Gasteiger partial charge < -0.3 is 15.3 Å². The molecule has 0 saturated heterocycles. The summed E-state index contributed by atoms with van der Waals surface area (Å²) in [6.45, 7) is -0.286. The van der Waals surface area contributed by atoms with Gasteiger partial charge in [0.1, 0.15) is 0 Å². The van der Waals surface area contributed by atoms with Gasteiger partial charge >= 0.3 is 5.97 Å². The number of aliphatic hydroxyl groups excluding tert-OH is 2. The van der Waals surface area contributed by atoms with Gasteiger partial charge in [-0.15, -0.1) is 12.4 Å². The fourth-order valence-electron chi connectivity index (χ4n) is 0.848. The van der Waals surface area contributed by atoms with E-state index in [4.69, 9.17) is 15.3 Å². The summed E-state index contributed by atoms with van der Waals surface area (Å²) in [5.74, 6) is -1.07. The predicted molar refractivity (Wildman–Crippen MR) is 49.5 cm³/mol. The van der Waals surface area contributed by atoms with Crippen molar-refractivity contribution in [1.29, 1.82) is 0 Å². The van der Waals surface area contributed by atoms with Crippen LogP contribution >= 0.6 is 12.4 Å². The summed E-state index contributed by atoms with van der Waals surface area (Å²) in [6, 6.07) is 0. The second kappa shape index (κ2) is 5.58. The highest BCUT2D eigenvalue weighted by Crippen LogP contribution is 1.98. The van der Waals surface area contributed by atoms with Crippen LogP contribution in [0.25, 0.3) is 0 Å². The van der Waals surface area contributed by atoms with Gasteiger partial charge in [-0.25, -0.2) is 4.79 Å². The number of carboxylic acids is 1. The second-order valence-electron chi connectivity index (χ2n) is 2.59. The minimum absolute atomic E-state index is 0. The molecule has 14 heavy (non-hydrogen) atoms. The van der Waals surface area contributed by atoms with Crippen molar-refractivity contribution in [2.75, 3.05) is 6.61 Å². The SMILES string of the molecule is Cl.O=C(O)c1cnn(CC(O)CO)c1. The molecule has 1 aromatic rings. The minimum atomic E-state index is -1.07. The molecule has 1 rings (SSSR count). The van der Waals surface area contributed by atoms with Crippen LogP contribution in [-0.4, -0.2) is 43.8 Å². The molecule has 1 unspecified atom stereocenters. The Morgan fingerprint density at radius 2 is 2.29 bits per heavy atom. The molecule has 0 aromatic carbocycles. The summed E-state index contributed by atoms with van der Waals surface area (Å²) in [5.41, 5.74) is 0.0603. The van der Waals surface area contributed by atoms with Gasteiger partial charge in [0.2, 0.25) is 0 Å². The fourth-order valence-corrected chi connectivity index (χ4v) is 0.848. The maximum Gasteiger partial charge on any atom is 0.338 e. The number of carboxylic acid groups (broad SMARTS) is 1. The van der Waals surface area contributed by atoms with Crippen LogP contribution in [0.5, 0.6) is 0 Å². The molecular weight excluding hydrogens is 212 g/mol. The molecule has 0 aliphatic heterocycles. The minimum Gasteiger partial charge on any atom is -0.478 e. The molecule has 0 bridgehead atoms. The van der Waals surface area contributed by atoms with E-state index < -0.39 is 12.1 Å². The topological polar surface area (TPSA) is 95.6 Å². The lowest BCUT2D eigenvalue weighted by molar-refractivity contribution is 0.0694. The third-order valence-electron chi connectivity index (χ3n) is 1.49. The number of aliphatic hydroxyl groups is 2. The van der Waals surface area contributed by atoms with E-state index >= 15 is 0 Å². The van der Waals surface area contributed by atoms with Crippen LogP contribution in [0.15, 0.2) is 12.4 Å². The van der Waals surface area contributed by atoms with E-state index in [1.54, 1.807) is 0 Å². The van der Waals surface area contributed by atoms with Crippen molar-refractivity contribution in [3.8, 4) is 0 Å². The smallest absolute Gasteiger partial charge is 0.338 e. The fraction of sp³-hybridized carbons (Fsp3) is 0.429. The zero-order valence-corrected chi connectivity index (χ0v) is 8.02. The number of rotatable bonds is 4. The molecule has 3 N–H and O–H groups in total. The highest BCUT2D eigenvalue weighted by atomic mass is 35.5. The molecule has 0 fully saturated rings. The summed E-state index contributed by atoms with van der Waals surface area (Å²) in [5, 5.41) is 29.7. The molecule has 1 atom stereocenters. The van der Waals surface area contributed by atoms with E-state index in [-0.39, 0.29) is 31.1 Å². The lowest BCUT2D eigenvalue weighted by Gasteiger charge is -2.05. The van der Waals surface area contributed by atoms with Gasteiger partial charge in [-0.3, -0.25) is 4.68 Å². The van der Waals surface area contributed by atoms with Gasteiger partial charge in [-0.05, 0) is 0 Å². The molecule has 0 saturated carbocycles. The normalized spacial score (nSPS) is 11.9. The standard InChI is InChI=1S/C7H10N2O4.ClH/c10-4-6(11)3-9-2-5(1-8-9)7(12)13;/h1-2,6,10-11H,3-4H2,(H,12,13);1H. The molecule has 0 radical (unpaired) electrons. The van der Waals surface area contributed by atoms with Crippen molar-refractivity contribution in [2.24, 2.45) is 0 Å². The van der Waals surface area contributed by atoms with Crippen molar-refractivity contribution >= 4 is 18.4 Å². The van der Waals surface area contributed by atoms with Crippen LogP contribution in [0.1, 0.15) is 10.4 Å². The van der Waals surface area contributed by atoms with E-state index in [1.807, 2.05) is 0 Å². The Kier molecular flexibility index (Phi) is 5.14. The molecule has 0 aliphatic rings. The van der Waals surface area contributed by atoms with Gasteiger partial charge in [-0.1, -0.05) is 0 Å². The predicted octanol–water partition coefficient (Wildman–Crippen LogP) is -0.644. The second-order valence-corrected chi connectivity index (χ2v) is 2.59. The lowest BCUT2D eigenvalue weighted by atomic mass is 10.3. The Hall–Kier alpha value is -1.11. The average molecular weight is 223 g/mol. The monoisotopic (exact) mass is 222 g/mol. The number of carbonyl (C=O) groups is 1. The molecule has 1 aromatic heterocycles. The van der Waals surface area contributed by atoms with Gasteiger partial charge in [0.15, 0.2) is 0 Å². The quantitative estimate of drug-likeness (QED) is 0.630. The van der Waals surface area contributed by atoms with Crippen molar-refractivity contribution in [3.05, 3.63) is 18.0 Å². The molecule has 0 aliphatic carbocycles. The maximum atomic E-state index is 10.4. The third kappa shape index (κ3) is 3.33. The van der Waals surface area contributed by atoms with Crippen LogP contribution in [-0.2, 0) is 6.54 Å². The summed E-state index contributed by atoms with van der Waals surface area (Å²) in [7, 11) is 0. The van der Waals surface area contributed by atoms with Crippen LogP contribution in [0, 0.1) is 0 Å². The maximum absolute atomic E-state index is 10.4. The van der Waals surface area contributed by atoms with Crippen molar-refractivity contribution < 1.29 is 20.1 Å². The van der Waals surface area contributed by atoms with Gasteiger partial charge in [-0.2, -0.15) is 5.10 Å². The molecule has 6 nitrogen and oxygen atoms in total. The summed E-state index contributed by atoms with van der Waals surface area (Å²) in [6.07, 6.45) is 1.56. The van der Waals surface area contributed by atoms with Crippen molar-refractivity contribution in [2.45, 2.75) is 12.6 Å². The largest absolute Gasteiger partial charge is 0.478 e. The van der Waals surface area contributed by atoms with E-state index in [0.717, 1.165) is 0 Å². The zero-order valence-electron chi connectivity index (χ0n) is 7.20. The first kappa shape index (κ1) is 12.9. The molecule has 0 spiro atoms. The molecule has 80 valence electrons. The molecule has 7 heteroatoms. The van der Waals surface area contributed by atoms with Crippen LogP contribution in [0.3, 0.4) is 0 Å². The Labute approximate surface area is 86.2 Å². The van der Waals surface area contributed by atoms with Crippen LogP contribution in [0.2, 0.25) is 0 Å². The number of aromatic nitrogens is 2. The van der Waals surface area contributed by atoms with Crippen molar-refractivity contribution in [3.63, 3.8) is 0 Å². The number of hydrogen-bond acceptors (Lipinski definition) is 4. The zero-order chi connectivity index (χ0) is 9.84. The van der Waals surface area contributed by atoms with Crippen LogP contribution in [0.4, 0.5) is 0 Å². The summed E-state index contributed by atoms with van der Waals surface area (Å²) < 4.78 is 1.27. The van der Waals surface area contributed by atoms with E-state index in [0.29, 0.717) is 0 Å². The molecular formula is C7H11ClN2O4. The lowest BCUT2D eigenvalue weighted by Crippen LogP contribution is -2.20. The number of nitrogens with zero attached hydrogens (tertiary/aromatic N) is 2. The Morgan fingerprint density at radius 1 is 1.64 bits per heavy atom. The first-order valence-corrected chi connectivity index (χ1v) is 3.68. The third-order valence-corrected chi connectivity index (χ3v) is 1.49. The van der Waals surface area contributed by atoms with Gasteiger partial charge in [0.05, 0.1) is 31.0 Å². The Balaban J connectivity index is 0.00000169. The van der Waals surface area contributed by atoms with E-state index in [2.05, 4.69) is 5.10 Å². The highest BCUT2D eigenvalue weighted by molar-refractivity contribution is 5.86. The first-order chi connectivity index (χ1) is 6.13. The van der Waals surface area contributed by atoms with E-state index in [1.165, 1.54) is 17.1 Å². The van der Waals surface area contributed by atoms with Gasteiger partial charge in [0.25, 0.3) is 0 Å². The Bertz CT molecular complexity index is 302. The van der Waals surface area contributed by atoms with E-state index in [9.17, 15) is 4.79 Å². The molecule has 0 amide bonds. The number of halogens is 1. The molecule has 1 heterocycles. The average Bonchev–Trinajstić information content (AvgIpc) is 2.52. The summed E-state index contributed by atoms with van der Waals surface area (Å²) in [4.78, 5) is 10.4. The summed E-state index contributed by atoms with van der Waals surface area (Å²) >= 11 is 0.